The van der Waals surface area contributed by atoms with Gasteiger partial charge in [-0.05, 0) is 31.9 Å². The molecule has 0 radical (unpaired) electrons. The third-order valence-corrected chi connectivity index (χ3v) is 5.75. The van der Waals surface area contributed by atoms with E-state index in [0.29, 0.717) is 55.4 Å². The Labute approximate surface area is 197 Å². The molecule has 11 nitrogen and oxygen atoms in total. The molecule has 1 aliphatic rings. The van der Waals surface area contributed by atoms with Gasteiger partial charge in [-0.2, -0.15) is 0 Å². The maximum Gasteiger partial charge on any atom is 0.309 e. The van der Waals surface area contributed by atoms with E-state index in [-0.39, 0.29) is 42.2 Å². The van der Waals surface area contributed by atoms with Crippen molar-refractivity contribution in [3.63, 3.8) is 0 Å². The van der Waals surface area contributed by atoms with Gasteiger partial charge in [0.15, 0.2) is 17.3 Å². The van der Waals surface area contributed by atoms with Gasteiger partial charge in [-0.15, -0.1) is 10.2 Å². The number of carbonyl (C=O) groups excluding carboxylic acids is 2. The number of rotatable bonds is 9. The second-order valence-electron chi connectivity index (χ2n) is 7.77. The number of hydrogen-bond acceptors (Lipinski definition) is 9. The Morgan fingerprint density at radius 2 is 1.71 bits per heavy atom. The van der Waals surface area contributed by atoms with Crippen molar-refractivity contribution < 1.29 is 28.5 Å². The van der Waals surface area contributed by atoms with Gasteiger partial charge >= 0.3 is 5.97 Å². The molecular weight excluding hydrogens is 444 g/mol. The lowest BCUT2D eigenvalue weighted by Gasteiger charge is -2.30. The summed E-state index contributed by atoms with van der Waals surface area (Å²) in [4.78, 5) is 41.5. The summed E-state index contributed by atoms with van der Waals surface area (Å²) in [5.74, 6) is 1.04. The molecule has 1 aromatic carbocycles. The zero-order chi connectivity index (χ0) is 24.7. The fraction of sp³-hybridized carbons (Fsp3) is 0.522. The van der Waals surface area contributed by atoms with Crippen LogP contribution in [-0.2, 0) is 20.7 Å². The first-order chi connectivity index (χ1) is 16.4. The van der Waals surface area contributed by atoms with Gasteiger partial charge in [-0.3, -0.25) is 14.4 Å². The Morgan fingerprint density at radius 3 is 2.24 bits per heavy atom. The van der Waals surface area contributed by atoms with E-state index >= 15 is 0 Å². The van der Waals surface area contributed by atoms with Gasteiger partial charge in [-0.25, -0.2) is 0 Å². The molecule has 0 spiro atoms. The van der Waals surface area contributed by atoms with Crippen LogP contribution in [0.25, 0.3) is 11.4 Å². The fourth-order valence-corrected chi connectivity index (χ4v) is 3.88. The number of likely N-dealkylation sites (tertiary alicyclic amines) is 1. The molecular formula is C23H30N4O7. The molecule has 1 aliphatic heterocycles. The molecule has 34 heavy (non-hydrogen) atoms. The van der Waals surface area contributed by atoms with Crippen LogP contribution in [0.5, 0.6) is 17.2 Å². The lowest BCUT2D eigenvalue weighted by atomic mass is 9.96. The van der Waals surface area contributed by atoms with Crippen molar-refractivity contribution in [2.45, 2.75) is 32.6 Å². The number of piperidine rings is 1. The number of H-pyrrole nitrogens is 1. The maximum absolute atomic E-state index is 12.6. The number of amides is 1. The summed E-state index contributed by atoms with van der Waals surface area (Å²) in [6.45, 7) is 3.11. The van der Waals surface area contributed by atoms with E-state index in [0.717, 1.165) is 0 Å². The zero-order valence-corrected chi connectivity index (χ0v) is 19.9. The molecule has 1 saturated heterocycles. The van der Waals surface area contributed by atoms with Gasteiger partial charge in [0, 0.05) is 31.5 Å². The molecule has 1 fully saturated rings. The molecule has 1 amide bonds. The molecule has 1 N–H and O–H groups in total. The Morgan fingerprint density at radius 1 is 1.06 bits per heavy atom. The van der Waals surface area contributed by atoms with Gasteiger partial charge in [-0.1, -0.05) is 0 Å². The maximum atomic E-state index is 12.6. The number of nitrogens with zero attached hydrogens (tertiary/aromatic N) is 3. The number of carbonyl (C=O) groups is 2. The van der Waals surface area contributed by atoms with E-state index in [9.17, 15) is 14.4 Å². The highest BCUT2D eigenvalue weighted by atomic mass is 16.5. The predicted octanol–water partition coefficient (Wildman–Crippen LogP) is 1.59. The van der Waals surface area contributed by atoms with E-state index in [1.807, 2.05) is 0 Å². The van der Waals surface area contributed by atoms with Gasteiger partial charge < -0.3 is 28.8 Å². The van der Waals surface area contributed by atoms with Crippen molar-refractivity contribution in [3.8, 4) is 28.6 Å². The third kappa shape index (κ3) is 5.64. The number of aryl methyl sites for hydroxylation is 1. The second-order valence-corrected chi connectivity index (χ2v) is 7.77. The summed E-state index contributed by atoms with van der Waals surface area (Å²) in [5, 5.41) is 8.16. The fourth-order valence-electron chi connectivity index (χ4n) is 3.88. The Kier molecular flexibility index (Phi) is 8.44. The monoisotopic (exact) mass is 474 g/mol. The van der Waals surface area contributed by atoms with Crippen molar-refractivity contribution in [3.05, 3.63) is 28.2 Å². The largest absolute Gasteiger partial charge is 0.493 e. The molecule has 0 saturated carbocycles. The average molecular weight is 475 g/mol. The lowest BCUT2D eigenvalue weighted by molar-refractivity contribution is -0.151. The summed E-state index contributed by atoms with van der Waals surface area (Å²) in [5.41, 5.74) is 0.282. The highest BCUT2D eigenvalue weighted by molar-refractivity contribution is 5.77. The normalized spacial score (nSPS) is 13.9. The van der Waals surface area contributed by atoms with Gasteiger partial charge in [0.2, 0.25) is 11.7 Å². The Hall–Kier alpha value is -3.63. The second kappa shape index (κ2) is 11.5. The van der Waals surface area contributed by atoms with E-state index in [1.54, 1.807) is 24.0 Å². The quantitative estimate of drug-likeness (QED) is 0.538. The minimum absolute atomic E-state index is 0.0859. The van der Waals surface area contributed by atoms with Gasteiger partial charge in [0.25, 0.3) is 5.56 Å². The SMILES string of the molecule is CCOC(=O)C1CCN(C(=O)CCc2nnc(-c3cc(OC)c(OC)c(OC)c3)[nH]c2=O)CC1. The predicted molar refractivity (Wildman–Crippen MR) is 122 cm³/mol. The summed E-state index contributed by atoms with van der Waals surface area (Å²) >= 11 is 0. The third-order valence-electron chi connectivity index (χ3n) is 5.75. The van der Waals surface area contributed by atoms with E-state index in [1.165, 1.54) is 21.3 Å². The molecule has 11 heteroatoms. The van der Waals surface area contributed by atoms with Crippen molar-refractivity contribution in [2.75, 3.05) is 41.0 Å². The highest BCUT2D eigenvalue weighted by Gasteiger charge is 2.28. The van der Waals surface area contributed by atoms with Crippen LogP contribution >= 0.6 is 0 Å². The summed E-state index contributed by atoms with van der Waals surface area (Å²) in [6, 6.07) is 3.31. The van der Waals surface area contributed by atoms with Crippen molar-refractivity contribution in [2.24, 2.45) is 5.92 Å². The molecule has 0 atom stereocenters. The van der Waals surface area contributed by atoms with Crippen LogP contribution in [0.2, 0.25) is 0 Å². The first kappa shape index (κ1) is 25.0. The minimum atomic E-state index is -0.424. The molecule has 184 valence electrons. The first-order valence-electron chi connectivity index (χ1n) is 11.1. The summed E-state index contributed by atoms with van der Waals surface area (Å²) < 4.78 is 21.0. The first-order valence-corrected chi connectivity index (χ1v) is 11.1. The standard InChI is InChI=1S/C23H30N4O7/c1-5-34-23(30)14-8-10-27(11-9-14)19(28)7-6-16-22(29)24-21(26-25-16)15-12-17(31-2)20(33-4)18(13-15)32-3/h12-14H,5-11H2,1-4H3,(H,24,26,29). The molecule has 1 aromatic heterocycles. The number of esters is 1. The van der Waals surface area contributed by atoms with E-state index in [2.05, 4.69) is 15.2 Å². The van der Waals surface area contributed by atoms with Gasteiger partial charge in [0.05, 0.1) is 33.9 Å². The molecule has 0 unspecified atom stereocenters. The summed E-state index contributed by atoms with van der Waals surface area (Å²) in [7, 11) is 4.49. The van der Waals surface area contributed by atoms with Crippen LogP contribution in [0.4, 0.5) is 0 Å². The van der Waals surface area contributed by atoms with Crippen molar-refractivity contribution >= 4 is 11.9 Å². The van der Waals surface area contributed by atoms with Crippen LogP contribution in [-0.4, -0.2) is 73.0 Å². The van der Waals surface area contributed by atoms with E-state index in [4.69, 9.17) is 18.9 Å². The molecule has 2 heterocycles. The number of hydrogen-bond donors (Lipinski definition) is 1. The molecule has 2 aromatic rings. The number of methoxy groups -OCH3 is 3. The molecule has 0 bridgehead atoms. The Bertz CT molecular complexity index is 1050. The Balaban J connectivity index is 1.64. The van der Waals surface area contributed by atoms with E-state index < -0.39 is 5.56 Å². The number of aromatic amines is 1. The average Bonchev–Trinajstić information content (AvgIpc) is 2.86. The van der Waals surface area contributed by atoms with Crippen LogP contribution in [0.3, 0.4) is 0 Å². The topological polar surface area (TPSA) is 133 Å². The smallest absolute Gasteiger partial charge is 0.309 e. The number of ether oxygens (including phenoxy) is 4. The van der Waals surface area contributed by atoms with Crippen molar-refractivity contribution in [1.29, 1.82) is 0 Å². The highest BCUT2D eigenvalue weighted by Crippen LogP contribution is 2.40. The van der Waals surface area contributed by atoms with Crippen molar-refractivity contribution in [1.82, 2.24) is 20.1 Å². The number of aromatic nitrogens is 3. The molecule has 3 rings (SSSR count). The van der Waals surface area contributed by atoms with Crippen LogP contribution in [0.1, 0.15) is 31.9 Å². The minimum Gasteiger partial charge on any atom is -0.493 e. The lowest BCUT2D eigenvalue weighted by Crippen LogP contribution is -2.40. The van der Waals surface area contributed by atoms with Gasteiger partial charge in [0.1, 0.15) is 5.69 Å². The summed E-state index contributed by atoms with van der Waals surface area (Å²) in [6.07, 6.45) is 1.45. The zero-order valence-electron chi connectivity index (χ0n) is 19.9. The van der Waals surface area contributed by atoms with Crippen LogP contribution < -0.4 is 19.8 Å². The van der Waals surface area contributed by atoms with Crippen LogP contribution in [0.15, 0.2) is 16.9 Å². The molecule has 0 aliphatic carbocycles. The number of nitrogens with one attached hydrogen (secondary N) is 1. The van der Waals surface area contributed by atoms with Crippen LogP contribution in [0, 0.1) is 5.92 Å². The number of benzene rings is 1.